The average molecular weight is 496 g/mol. The minimum atomic E-state index is -3.61. The van der Waals surface area contributed by atoms with Gasteiger partial charge in [0.05, 0.1) is 23.0 Å². The summed E-state index contributed by atoms with van der Waals surface area (Å²) < 4.78 is 27.7. The van der Waals surface area contributed by atoms with Crippen molar-refractivity contribution in [2.45, 2.75) is 55.5 Å². The molecule has 180 valence electrons. The fourth-order valence-corrected chi connectivity index (χ4v) is 7.50. The molecule has 4 N–H and O–H groups in total. The largest absolute Gasteiger partial charge is 0.477 e. The Bertz CT molecular complexity index is 1090. The highest BCUT2D eigenvalue weighted by atomic mass is 32.2. The maximum absolute atomic E-state index is 12.5. The zero-order valence-electron chi connectivity index (χ0n) is 18.7. The van der Waals surface area contributed by atoms with Crippen LogP contribution in [0.2, 0.25) is 0 Å². The van der Waals surface area contributed by atoms with E-state index in [9.17, 15) is 28.2 Å². The summed E-state index contributed by atoms with van der Waals surface area (Å²) >= 11 is 1.44. The van der Waals surface area contributed by atoms with Gasteiger partial charge in [-0.3, -0.25) is 4.79 Å². The van der Waals surface area contributed by atoms with Crippen LogP contribution in [0.5, 0.6) is 0 Å². The van der Waals surface area contributed by atoms with E-state index in [0.29, 0.717) is 17.9 Å². The number of aryl methyl sites for hydroxylation is 1. The predicted octanol–water partition coefficient (Wildman–Crippen LogP) is 0.891. The Morgan fingerprint density at radius 2 is 2.00 bits per heavy atom. The molecule has 0 aromatic heterocycles. The van der Waals surface area contributed by atoms with E-state index in [0.717, 1.165) is 5.56 Å². The normalized spacial score (nSPS) is 30.4. The summed E-state index contributed by atoms with van der Waals surface area (Å²) in [7, 11) is -3.61. The van der Waals surface area contributed by atoms with Crippen molar-refractivity contribution < 1.29 is 28.2 Å². The van der Waals surface area contributed by atoms with E-state index < -0.39 is 28.0 Å². The summed E-state index contributed by atoms with van der Waals surface area (Å²) in [4.78, 5) is 26.6. The molecule has 0 saturated carbocycles. The molecular formula is C22H29N3O6S2. The molecule has 4 rings (SSSR count). The molecule has 3 heterocycles. The van der Waals surface area contributed by atoms with Gasteiger partial charge in [0.15, 0.2) is 0 Å². The second-order valence-corrected chi connectivity index (χ2v) is 12.1. The minimum absolute atomic E-state index is 0.0166. The van der Waals surface area contributed by atoms with Crippen LogP contribution in [0.4, 0.5) is 0 Å². The third-order valence-electron chi connectivity index (χ3n) is 6.64. The fraction of sp³-hybridized carbons (Fsp3) is 0.545. The lowest BCUT2D eigenvalue weighted by Crippen LogP contribution is -2.63. The molecule has 3 aliphatic heterocycles. The average Bonchev–Trinajstić information content (AvgIpc) is 3.28. The number of aliphatic hydroxyl groups excluding tert-OH is 1. The molecule has 0 aliphatic carbocycles. The van der Waals surface area contributed by atoms with Gasteiger partial charge in [0.2, 0.25) is 15.9 Å². The van der Waals surface area contributed by atoms with Gasteiger partial charge in [-0.25, -0.2) is 17.9 Å². The van der Waals surface area contributed by atoms with Crippen LogP contribution in [0.1, 0.15) is 25.8 Å². The zero-order chi connectivity index (χ0) is 24.1. The molecule has 1 amide bonds. The number of aliphatic carboxylic acids is 1. The molecule has 2 unspecified atom stereocenters. The highest BCUT2D eigenvalue weighted by molar-refractivity contribution is 8.03. The molecule has 33 heavy (non-hydrogen) atoms. The molecule has 9 nitrogen and oxygen atoms in total. The molecule has 2 fully saturated rings. The van der Waals surface area contributed by atoms with Crippen LogP contribution in [0.15, 0.2) is 39.8 Å². The molecule has 11 heteroatoms. The number of rotatable bonds is 8. The number of sulfonamides is 1. The number of carboxylic acids is 1. The number of hydrogen-bond acceptors (Lipinski definition) is 7. The number of aliphatic hydroxyl groups is 1. The Balaban J connectivity index is 1.39. The Hall–Kier alpha value is -1.92. The van der Waals surface area contributed by atoms with E-state index >= 15 is 0 Å². The van der Waals surface area contributed by atoms with Crippen LogP contribution in [0.25, 0.3) is 0 Å². The van der Waals surface area contributed by atoms with Gasteiger partial charge in [-0.05, 0) is 32.4 Å². The summed E-state index contributed by atoms with van der Waals surface area (Å²) in [6, 6.07) is 6.23. The Kier molecular flexibility index (Phi) is 6.62. The minimum Gasteiger partial charge on any atom is -0.477 e. The van der Waals surface area contributed by atoms with Gasteiger partial charge in [0, 0.05) is 35.2 Å². The maximum Gasteiger partial charge on any atom is 0.353 e. The van der Waals surface area contributed by atoms with Crippen LogP contribution >= 0.6 is 11.8 Å². The van der Waals surface area contributed by atoms with E-state index in [1.807, 2.05) is 13.8 Å². The Labute approximate surface area is 197 Å². The van der Waals surface area contributed by atoms with Crippen LogP contribution < -0.4 is 10.0 Å². The first-order valence-electron chi connectivity index (χ1n) is 11.0. The van der Waals surface area contributed by atoms with Gasteiger partial charge < -0.3 is 20.4 Å². The highest BCUT2D eigenvalue weighted by Gasteiger charge is 2.60. The van der Waals surface area contributed by atoms with E-state index in [-0.39, 0.29) is 46.3 Å². The lowest BCUT2D eigenvalue weighted by molar-refractivity contribution is -0.163. The monoisotopic (exact) mass is 495 g/mol. The number of nitrogens with one attached hydrogen (secondary N) is 2. The molecule has 2 saturated heterocycles. The number of carboxylic acid groups (broad SMARTS) is 1. The lowest BCUT2D eigenvalue weighted by atomic mass is 9.79. The summed E-state index contributed by atoms with van der Waals surface area (Å²) in [5.41, 5.74) is 0.997. The number of carbonyl (C=O) groups excluding carboxylic acids is 1. The van der Waals surface area contributed by atoms with E-state index in [1.165, 1.54) is 16.7 Å². The van der Waals surface area contributed by atoms with Crippen molar-refractivity contribution in [3.63, 3.8) is 0 Å². The zero-order valence-corrected chi connectivity index (χ0v) is 20.3. The van der Waals surface area contributed by atoms with Crippen LogP contribution in [0.3, 0.4) is 0 Å². The number of β-lactam (4-membered cyclic amide) rings is 1. The molecule has 0 bridgehead atoms. The Morgan fingerprint density at radius 1 is 1.33 bits per heavy atom. The van der Waals surface area contributed by atoms with Gasteiger partial charge in [-0.2, -0.15) is 0 Å². The summed E-state index contributed by atoms with van der Waals surface area (Å²) in [6.07, 6.45) is -0.178. The Morgan fingerprint density at radius 3 is 2.61 bits per heavy atom. The van der Waals surface area contributed by atoms with Crippen molar-refractivity contribution in [2.24, 2.45) is 11.8 Å². The summed E-state index contributed by atoms with van der Waals surface area (Å²) in [6.45, 7) is 6.17. The lowest BCUT2D eigenvalue weighted by Gasteiger charge is -2.46. The molecule has 6 atom stereocenters. The number of carbonyl (C=O) groups is 2. The van der Waals surface area contributed by atoms with Crippen molar-refractivity contribution in [2.75, 3.05) is 13.1 Å². The summed E-state index contributed by atoms with van der Waals surface area (Å²) in [5.74, 6) is -2.25. The molecule has 1 aromatic rings. The molecule has 1 aromatic carbocycles. The number of fused-ring (bicyclic) bond motifs is 1. The van der Waals surface area contributed by atoms with Crippen LogP contribution in [0, 0.1) is 18.8 Å². The molecule has 0 spiro atoms. The van der Waals surface area contributed by atoms with Gasteiger partial charge in [-0.1, -0.05) is 24.6 Å². The first kappa shape index (κ1) is 24.2. The van der Waals surface area contributed by atoms with Gasteiger partial charge in [0.1, 0.15) is 5.70 Å². The topological polar surface area (TPSA) is 136 Å². The molecule has 0 radical (unpaired) electrons. The van der Waals surface area contributed by atoms with Crippen molar-refractivity contribution >= 4 is 33.7 Å². The van der Waals surface area contributed by atoms with Gasteiger partial charge in [0.25, 0.3) is 0 Å². The first-order chi connectivity index (χ1) is 15.5. The molecular weight excluding hydrogens is 466 g/mol. The third-order valence-corrected chi connectivity index (χ3v) is 9.59. The van der Waals surface area contributed by atoms with Crippen molar-refractivity contribution in [1.82, 2.24) is 14.9 Å². The highest BCUT2D eigenvalue weighted by Crippen LogP contribution is 2.51. The third kappa shape index (κ3) is 4.44. The maximum atomic E-state index is 12.5. The van der Waals surface area contributed by atoms with E-state index in [2.05, 4.69) is 10.0 Å². The van der Waals surface area contributed by atoms with Crippen LogP contribution in [-0.2, 0) is 19.6 Å². The number of nitrogens with zero attached hydrogens (tertiary/aromatic N) is 1. The smallest absolute Gasteiger partial charge is 0.353 e. The molecule has 3 aliphatic rings. The number of benzene rings is 1. The first-order valence-corrected chi connectivity index (χ1v) is 13.3. The van der Waals surface area contributed by atoms with Crippen molar-refractivity contribution in [3.8, 4) is 0 Å². The van der Waals surface area contributed by atoms with Gasteiger partial charge >= 0.3 is 5.97 Å². The van der Waals surface area contributed by atoms with E-state index in [1.54, 1.807) is 31.2 Å². The SMILES string of the molecule is Cc1ccc(S(=O)(=O)NC[C@@H]2C[C@@H](SC3=C(C(=O)O)N4C(=O)C([C@@H](C)O)C4[C@H]3C)CN2)cc1. The second kappa shape index (κ2) is 9.03. The number of hydrogen-bond donors (Lipinski definition) is 4. The predicted molar refractivity (Wildman–Crippen MR) is 124 cm³/mol. The fourth-order valence-electron chi connectivity index (χ4n) is 4.90. The number of amides is 1. The second-order valence-electron chi connectivity index (χ2n) is 9.02. The van der Waals surface area contributed by atoms with Crippen molar-refractivity contribution in [3.05, 3.63) is 40.4 Å². The standard InChI is InChI=1S/C22H29N3O6S2/c1-11-4-6-16(7-5-11)33(30,31)24-9-14-8-15(10-23-14)32-20-12(2)18-17(13(3)26)21(27)25(18)19(20)22(28)29/h4-7,12-15,17-18,23-24,26H,8-10H2,1-3H3,(H,28,29)/t12-,13-,14+,15-,17?,18?/m1/s1. The van der Waals surface area contributed by atoms with Crippen molar-refractivity contribution in [1.29, 1.82) is 0 Å². The van der Waals surface area contributed by atoms with Crippen LogP contribution in [-0.4, -0.2) is 71.9 Å². The quantitative estimate of drug-likeness (QED) is 0.391. The summed E-state index contributed by atoms with van der Waals surface area (Å²) in [5, 5.41) is 23.1. The van der Waals surface area contributed by atoms with E-state index in [4.69, 9.17) is 0 Å². The number of thioether (sulfide) groups is 1. The van der Waals surface area contributed by atoms with Gasteiger partial charge in [-0.15, -0.1) is 11.8 Å².